The van der Waals surface area contributed by atoms with E-state index >= 15 is 0 Å². The monoisotopic (exact) mass is 211 g/mol. The lowest BCUT2D eigenvalue weighted by atomic mass is 10.2. The summed E-state index contributed by atoms with van der Waals surface area (Å²) >= 11 is 5.21. The Morgan fingerprint density at radius 3 is 2.62 bits per heavy atom. The molecule has 0 aliphatic rings. The molecule has 1 aromatic heterocycles. The SMILES string of the molecule is OCc1cc(C(F)F)c(F)c(Cl)n1. The van der Waals surface area contributed by atoms with Crippen LogP contribution in [0.25, 0.3) is 0 Å². The smallest absolute Gasteiger partial charge is 0.266 e. The fourth-order valence-electron chi connectivity index (χ4n) is 0.809. The average Bonchev–Trinajstić information content (AvgIpc) is 2.09. The van der Waals surface area contributed by atoms with Gasteiger partial charge in [-0.3, -0.25) is 0 Å². The minimum atomic E-state index is -2.97. The third-order valence-electron chi connectivity index (χ3n) is 1.40. The summed E-state index contributed by atoms with van der Waals surface area (Å²) in [7, 11) is 0. The normalized spacial score (nSPS) is 10.9. The molecule has 0 aliphatic carbocycles. The van der Waals surface area contributed by atoms with Crippen LogP contribution >= 0.6 is 11.6 Å². The molecule has 2 nitrogen and oxygen atoms in total. The van der Waals surface area contributed by atoms with Gasteiger partial charge in [-0.15, -0.1) is 0 Å². The fraction of sp³-hybridized carbons (Fsp3) is 0.286. The second-order valence-corrected chi connectivity index (χ2v) is 2.62. The number of aromatic nitrogens is 1. The van der Waals surface area contributed by atoms with Gasteiger partial charge in [-0.25, -0.2) is 18.2 Å². The van der Waals surface area contributed by atoms with Crippen molar-refractivity contribution in [3.63, 3.8) is 0 Å². The summed E-state index contributed by atoms with van der Waals surface area (Å²) in [6.45, 7) is -0.556. The van der Waals surface area contributed by atoms with Crippen molar-refractivity contribution in [3.05, 3.63) is 28.3 Å². The molecule has 1 N–H and O–H groups in total. The first-order chi connectivity index (χ1) is 6.06. The largest absolute Gasteiger partial charge is 0.390 e. The lowest BCUT2D eigenvalue weighted by Gasteiger charge is -2.04. The molecule has 0 aliphatic heterocycles. The quantitative estimate of drug-likeness (QED) is 0.762. The maximum atomic E-state index is 12.8. The fourth-order valence-corrected chi connectivity index (χ4v) is 1.03. The van der Waals surface area contributed by atoms with Crippen LogP contribution in [0.2, 0.25) is 5.15 Å². The van der Waals surface area contributed by atoms with E-state index in [9.17, 15) is 13.2 Å². The highest BCUT2D eigenvalue weighted by Crippen LogP contribution is 2.26. The number of hydrogen-bond acceptors (Lipinski definition) is 2. The van der Waals surface area contributed by atoms with Crippen LogP contribution < -0.4 is 0 Å². The van der Waals surface area contributed by atoms with E-state index in [0.29, 0.717) is 0 Å². The summed E-state index contributed by atoms with van der Waals surface area (Å²) in [5.74, 6) is -1.24. The summed E-state index contributed by atoms with van der Waals surface area (Å²) in [6.07, 6.45) is -2.97. The molecule has 1 rings (SSSR count). The van der Waals surface area contributed by atoms with Gasteiger partial charge >= 0.3 is 0 Å². The number of alkyl halides is 2. The molecule has 13 heavy (non-hydrogen) atoms. The molecule has 1 aromatic rings. The van der Waals surface area contributed by atoms with Crippen LogP contribution in [0.3, 0.4) is 0 Å². The minimum Gasteiger partial charge on any atom is -0.390 e. The van der Waals surface area contributed by atoms with Gasteiger partial charge in [0.2, 0.25) is 0 Å². The number of aliphatic hydroxyl groups is 1. The van der Waals surface area contributed by atoms with Crippen molar-refractivity contribution in [2.45, 2.75) is 13.0 Å². The van der Waals surface area contributed by atoms with Crippen molar-refractivity contribution in [3.8, 4) is 0 Å². The van der Waals surface area contributed by atoms with Crippen molar-refractivity contribution in [2.75, 3.05) is 0 Å². The highest BCUT2D eigenvalue weighted by atomic mass is 35.5. The molecular weight excluding hydrogens is 207 g/mol. The zero-order valence-corrected chi connectivity index (χ0v) is 7.02. The summed E-state index contributed by atoms with van der Waals surface area (Å²) in [5.41, 5.74) is -0.925. The number of pyridine rings is 1. The molecule has 0 aromatic carbocycles. The van der Waals surface area contributed by atoms with Gasteiger partial charge in [0.15, 0.2) is 11.0 Å². The number of rotatable bonds is 2. The predicted octanol–water partition coefficient (Wildman–Crippen LogP) is 2.30. The van der Waals surface area contributed by atoms with E-state index in [-0.39, 0.29) is 5.69 Å². The predicted molar refractivity (Wildman–Crippen MR) is 40.1 cm³/mol. The van der Waals surface area contributed by atoms with Crippen LogP contribution in [-0.4, -0.2) is 10.1 Å². The summed E-state index contributed by atoms with van der Waals surface area (Å²) in [4.78, 5) is 3.34. The van der Waals surface area contributed by atoms with Crippen molar-refractivity contribution in [1.82, 2.24) is 4.98 Å². The molecule has 6 heteroatoms. The van der Waals surface area contributed by atoms with Crippen molar-refractivity contribution >= 4 is 11.6 Å². The van der Waals surface area contributed by atoms with Crippen LogP contribution in [-0.2, 0) is 6.61 Å². The lowest BCUT2D eigenvalue weighted by Crippen LogP contribution is -1.99. The molecule has 0 spiro atoms. The Hall–Kier alpha value is -0.810. The first-order valence-electron chi connectivity index (χ1n) is 3.30. The molecule has 0 saturated heterocycles. The molecule has 0 amide bonds. The summed E-state index contributed by atoms with van der Waals surface area (Å²) < 4.78 is 37.0. The molecule has 72 valence electrons. The van der Waals surface area contributed by atoms with Crippen LogP contribution in [0, 0.1) is 5.82 Å². The Labute approximate surface area is 77.0 Å². The van der Waals surface area contributed by atoms with E-state index in [1.54, 1.807) is 0 Å². The highest BCUT2D eigenvalue weighted by molar-refractivity contribution is 6.29. The number of halogens is 4. The Morgan fingerprint density at radius 1 is 1.54 bits per heavy atom. The molecule has 0 saturated carbocycles. The zero-order chi connectivity index (χ0) is 10.0. The van der Waals surface area contributed by atoms with Crippen LogP contribution in [0.1, 0.15) is 17.7 Å². The van der Waals surface area contributed by atoms with Gasteiger partial charge in [-0.1, -0.05) is 11.6 Å². The topological polar surface area (TPSA) is 33.1 Å². The average molecular weight is 212 g/mol. The van der Waals surface area contributed by atoms with Crippen molar-refractivity contribution < 1.29 is 18.3 Å². The van der Waals surface area contributed by atoms with Crippen LogP contribution in [0.5, 0.6) is 0 Å². The molecular formula is C7H5ClF3NO. The molecule has 0 bridgehead atoms. The van der Waals surface area contributed by atoms with Crippen molar-refractivity contribution in [2.24, 2.45) is 0 Å². The number of nitrogens with zero attached hydrogens (tertiary/aromatic N) is 1. The van der Waals surface area contributed by atoms with Gasteiger partial charge in [0.1, 0.15) is 0 Å². The lowest BCUT2D eigenvalue weighted by molar-refractivity contribution is 0.145. The van der Waals surface area contributed by atoms with Gasteiger partial charge in [-0.2, -0.15) is 0 Å². The first-order valence-corrected chi connectivity index (χ1v) is 3.68. The van der Waals surface area contributed by atoms with E-state index in [1.807, 2.05) is 0 Å². The van der Waals surface area contributed by atoms with Crippen LogP contribution in [0.15, 0.2) is 6.07 Å². The van der Waals surface area contributed by atoms with E-state index in [4.69, 9.17) is 16.7 Å². The van der Waals surface area contributed by atoms with Gasteiger partial charge in [0.05, 0.1) is 17.9 Å². The standard InChI is InChI=1S/C7H5ClF3NO/c8-6-5(9)4(7(10)11)1-3(2-13)12-6/h1,7,13H,2H2. The number of aliphatic hydroxyl groups excluding tert-OH is 1. The van der Waals surface area contributed by atoms with Crippen LogP contribution in [0.4, 0.5) is 13.2 Å². The summed E-state index contributed by atoms with van der Waals surface area (Å²) in [6, 6.07) is 0.784. The molecule has 0 unspecified atom stereocenters. The third-order valence-corrected chi connectivity index (χ3v) is 1.65. The van der Waals surface area contributed by atoms with Gasteiger partial charge in [0, 0.05) is 0 Å². The Kier molecular flexibility index (Phi) is 3.11. The summed E-state index contributed by atoms with van der Waals surface area (Å²) in [5, 5.41) is 7.92. The maximum absolute atomic E-state index is 12.8. The Morgan fingerprint density at radius 2 is 2.15 bits per heavy atom. The second kappa shape index (κ2) is 3.93. The molecule has 0 fully saturated rings. The van der Waals surface area contributed by atoms with E-state index in [1.165, 1.54) is 0 Å². The Balaban J connectivity index is 3.25. The molecule has 0 atom stereocenters. The van der Waals surface area contributed by atoms with E-state index in [2.05, 4.69) is 4.98 Å². The molecule has 1 heterocycles. The Bertz CT molecular complexity index is 319. The van der Waals surface area contributed by atoms with Gasteiger partial charge < -0.3 is 5.11 Å². The maximum Gasteiger partial charge on any atom is 0.266 e. The molecule has 0 radical (unpaired) electrons. The van der Waals surface area contributed by atoms with Gasteiger partial charge in [-0.05, 0) is 6.07 Å². The zero-order valence-electron chi connectivity index (χ0n) is 6.27. The van der Waals surface area contributed by atoms with E-state index in [0.717, 1.165) is 6.07 Å². The number of hydrogen-bond donors (Lipinski definition) is 1. The van der Waals surface area contributed by atoms with Crippen molar-refractivity contribution in [1.29, 1.82) is 0 Å². The third kappa shape index (κ3) is 2.10. The van der Waals surface area contributed by atoms with Gasteiger partial charge in [0.25, 0.3) is 6.43 Å². The first kappa shape index (κ1) is 10.3. The minimum absolute atomic E-state index is 0.0818. The second-order valence-electron chi connectivity index (χ2n) is 2.27. The highest BCUT2D eigenvalue weighted by Gasteiger charge is 2.18. The van der Waals surface area contributed by atoms with E-state index < -0.39 is 29.6 Å².